The lowest BCUT2D eigenvalue weighted by atomic mass is 9.99. The molecule has 2 aromatic rings. The molecular formula is C16H17NO4S. The van der Waals surface area contributed by atoms with Gasteiger partial charge in [0, 0.05) is 10.4 Å². The quantitative estimate of drug-likeness (QED) is 0.880. The number of benzene rings is 1. The van der Waals surface area contributed by atoms with Crippen molar-refractivity contribution < 1.29 is 19.0 Å². The van der Waals surface area contributed by atoms with Gasteiger partial charge in [-0.15, -0.1) is 11.3 Å². The van der Waals surface area contributed by atoms with Crippen molar-refractivity contribution in [3.8, 4) is 22.6 Å². The SMILES string of the molecule is CCc1sc(N)c(C(=O)OC)c1-c1ccc2c(c1)OCCO2. The van der Waals surface area contributed by atoms with Crippen LogP contribution in [0.3, 0.4) is 0 Å². The van der Waals surface area contributed by atoms with Gasteiger partial charge in [-0.1, -0.05) is 13.0 Å². The van der Waals surface area contributed by atoms with E-state index in [0.717, 1.165) is 28.2 Å². The zero-order chi connectivity index (χ0) is 15.7. The first kappa shape index (κ1) is 14.7. The van der Waals surface area contributed by atoms with Crippen molar-refractivity contribution in [3.05, 3.63) is 28.6 Å². The molecule has 0 amide bonds. The van der Waals surface area contributed by atoms with Crippen LogP contribution < -0.4 is 15.2 Å². The highest BCUT2D eigenvalue weighted by Crippen LogP contribution is 2.42. The van der Waals surface area contributed by atoms with E-state index >= 15 is 0 Å². The molecule has 22 heavy (non-hydrogen) atoms. The van der Waals surface area contributed by atoms with E-state index in [4.69, 9.17) is 19.9 Å². The number of nitrogens with two attached hydrogens (primary N) is 1. The molecule has 2 N–H and O–H groups in total. The number of anilines is 1. The van der Waals surface area contributed by atoms with Crippen LogP contribution >= 0.6 is 11.3 Å². The van der Waals surface area contributed by atoms with Gasteiger partial charge in [0.05, 0.1) is 7.11 Å². The van der Waals surface area contributed by atoms with Crippen LogP contribution in [-0.2, 0) is 11.2 Å². The summed E-state index contributed by atoms with van der Waals surface area (Å²) in [5.74, 6) is 0.987. The largest absolute Gasteiger partial charge is 0.486 e. The van der Waals surface area contributed by atoms with Crippen molar-refractivity contribution in [3.63, 3.8) is 0 Å². The van der Waals surface area contributed by atoms with E-state index < -0.39 is 5.97 Å². The highest BCUT2D eigenvalue weighted by atomic mass is 32.1. The molecule has 1 aromatic carbocycles. The first-order valence-electron chi connectivity index (χ1n) is 7.05. The first-order chi connectivity index (χ1) is 10.7. The number of nitrogen functional groups attached to an aromatic ring is 1. The van der Waals surface area contributed by atoms with Gasteiger partial charge in [-0.05, 0) is 24.1 Å². The van der Waals surface area contributed by atoms with Crippen LogP contribution in [-0.4, -0.2) is 26.3 Å². The Balaban J connectivity index is 2.16. The molecule has 116 valence electrons. The van der Waals surface area contributed by atoms with Crippen molar-refractivity contribution in [1.29, 1.82) is 0 Å². The number of hydrogen-bond donors (Lipinski definition) is 1. The summed E-state index contributed by atoms with van der Waals surface area (Å²) in [5, 5.41) is 0.480. The van der Waals surface area contributed by atoms with E-state index in [2.05, 4.69) is 0 Å². The maximum Gasteiger partial charge on any atom is 0.341 e. The summed E-state index contributed by atoms with van der Waals surface area (Å²) in [6.07, 6.45) is 0.787. The Bertz CT molecular complexity index is 723. The van der Waals surface area contributed by atoms with Crippen LogP contribution in [0.25, 0.3) is 11.1 Å². The van der Waals surface area contributed by atoms with Crippen molar-refractivity contribution in [2.75, 3.05) is 26.1 Å². The van der Waals surface area contributed by atoms with Gasteiger partial charge in [0.2, 0.25) is 0 Å². The molecule has 0 unspecified atom stereocenters. The Labute approximate surface area is 132 Å². The van der Waals surface area contributed by atoms with Crippen LogP contribution in [0.4, 0.5) is 5.00 Å². The van der Waals surface area contributed by atoms with Crippen LogP contribution in [0.1, 0.15) is 22.2 Å². The highest BCUT2D eigenvalue weighted by Gasteiger charge is 2.24. The molecule has 0 atom stereocenters. The summed E-state index contributed by atoms with van der Waals surface area (Å²) < 4.78 is 16.0. The van der Waals surface area contributed by atoms with Gasteiger partial charge in [-0.3, -0.25) is 0 Å². The van der Waals surface area contributed by atoms with Crippen LogP contribution in [0.15, 0.2) is 18.2 Å². The number of methoxy groups -OCH3 is 1. The summed E-state index contributed by atoms with van der Waals surface area (Å²) in [6, 6.07) is 5.67. The molecule has 0 bridgehead atoms. The van der Waals surface area contributed by atoms with Crippen LogP contribution in [0, 0.1) is 0 Å². The summed E-state index contributed by atoms with van der Waals surface area (Å²) in [5.41, 5.74) is 8.17. The Morgan fingerprint density at radius 3 is 2.73 bits per heavy atom. The van der Waals surface area contributed by atoms with Gasteiger partial charge in [0.25, 0.3) is 0 Å². The molecule has 0 saturated carbocycles. The minimum atomic E-state index is -0.418. The summed E-state index contributed by atoms with van der Waals surface area (Å²) in [4.78, 5) is 13.1. The summed E-state index contributed by atoms with van der Waals surface area (Å²) >= 11 is 1.42. The van der Waals surface area contributed by atoms with E-state index in [-0.39, 0.29) is 0 Å². The maximum absolute atomic E-state index is 12.1. The van der Waals surface area contributed by atoms with Gasteiger partial charge in [-0.2, -0.15) is 0 Å². The minimum Gasteiger partial charge on any atom is -0.486 e. The number of rotatable bonds is 3. The number of esters is 1. The van der Waals surface area contributed by atoms with E-state index in [1.54, 1.807) is 0 Å². The normalized spacial score (nSPS) is 13.0. The summed E-state index contributed by atoms with van der Waals surface area (Å²) in [6.45, 7) is 3.10. The Morgan fingerprint density at radius 1 is 1.32 bits per heavy atom. The zero-order valence-corrected chi connectivity index (χ0v) is 13.3. The molecule has 0 fully saturated rings. The predicted octanol–water partition coefficient (Wildman–Crippen LogP) is 3.12. The van der Waals surface area contributed by atoms with Gasteiger partial charge in [0.1, 0.15) is 23.8 Å². The third-order valence-electron chi connectivity index (χ3n) is 3.55. The number of ether oxygens (including phenoxy) is 3. The number of carbonyl (C=O) groups excluding carboxylic acids is 1. The second-order valence-corrected chi connectivity index (χ2v) is 5.98. The van der Waals surface area contributed by atoms with E-state index in [1.807, 2.05) is 25.1 Å². The monoisotopic (exact) mass is 319 g/mol. The van der Waals surface area contributed by atoms with Crippen LogP contribution in [0.5, 0.6) is 11.5 Å². The number of thiophene rings is 1. The topological polar surface area (TPSA) is 70.8 Å². The van der Waals surface area contributed by atoms with E-state index in [0.29, 0.717) is 29.5 Å². The lowest BCUT2D eigenvalue weighted by Crippen LogP contribution is -2.15. The lowest BCUT2D eigenvalue weighted by molar-refractivity contribution is 0.0603. The third-order valence-corrected chi connectivity index (χ3v) is 4.71. The van der Waals surface area contributed by atoms with Crippen molar-refractivity contribution in [2.24, 2.45) is 0 Å². The molecule has 2 heterocycles. The van der Waals surface area contributed by atoms with Gasteiger partial charge >= 0.3 is 5.97 Å². The predicted molar refractivity (Wildman–Crippen MR) is 85.9 cm³/mol. The molecule has 1 aliphatic rings. The molecule has 0 aliphatic carbocycles. The molecule has 0 saturated heterocycles. The maximum atomic E-state index is 12.1. The average Bonchev–Trinajstić information content (AvgIpc) is 2.90. The fraction of sp³-hybridized carbons (Fsp3) is 0.312. The van der Waals surface area contributed by atoms with E-state index in [9.17, 15) is 4.79 Å². The molecule has 1 aliphatic heterocycles. The molecule has 3 rings (SSSR count). The second-order valence-electron chi connectivity index (χ2n) is 4.84. The zero-order valence-electron chi connectivity index (χ0n) is 12.5. The lowest BCUT2D eigenvalue weighted by Gasteiger charge is -2.19. The Hall–Kier alpha value is -2.21. The molecular weight excluding hydrogens is 302 g/mol. The highest BCUT2D eigenvalue weighted by molar-refractivity contribution is 7.17. The number of fused-ring (bicyclic) bond motifs is 1. The Morgan fingerprint density at radius 2 is 2.05 bits per heavy atom. The average molecular weight is 319 g/mol. The van der Waals surface area contributed by atoms with E-state index in [1.165, 1.54) is 18.4 Å². The molecule has 0 spiro atoms. The van der Waals surface area contributed by atoms with Gasteiger partial charge in [0.15, 0.2) is 11.5 Å². The molecule has 5 nitrogen and oxygen atoms in total. The van der Waals surface area contributed by atoms with Crippen molar-refractivity contribution in [2.45, 2.75) is 13.3 Å². The smallest absolute Gasteiger partial charge is 0.341 e. The van der Waals surface area contributed by atoms with Gasteiger partial charge < -0.3 is 19.9 Å². The fourth-order valence-corrected chi connectivity index (χ4v) is 3.57. The third kappa shape index (κ3) is 2.39. The minimum absolute atomic E-state index is 0.418. The number of aryl methyl sites for hydroxylation is 1. The standard InChI is InChI=1S/C16H17NO4S/c1-3-12-13(14(15(17)22-12)16(18)19-2)9-4-5-10-11(8-9)21-7-6-20-10/h4-5,8H,3,6-7,17H2,1-2H3. The molecule has 0 radical (unpaired) electrons. The number of carbonyl (C=O) groups is 1. The summed E-state index contributed by atoms with van der Waals surface area (Å²) in [7, 11) is 1.36. The molecule has 1 aromatic heterocycles. The second kappa shape index (κ2) is 5.88. The fourth-order valence-electron chi connectivity index (χ4n) is 2.56. The van der Waals surface area contributed by atoms with Crippen LogP contribution in [0.2, 0.25) is 0 Å². The van der Waals surface area contributed by atoms with Crippen molar-refractivity contribution >= 4 is 22.3 Å². The molecule has 6 heteroatoms. The van der Waals surface area contributed by atoms with Gasteiger partial charge in [-0.25, -0.2) is 4.79 Å². The number of hydrogen-bond acceptors (Lipinski definition) is 6. The first-order valence-corrected chi connectivity index (χ1v) is 7.86. The van der Waals surface area contributed by atoms with Crippen molar-refractivity contribution in [1.82, 2.24) is 0 Å². The Kier molecular flexibility index (Phi) is 3.94.